The molecule has 1 aliphatic carbocycles. The van der Waals surface area contributed by atoms with E-state index in [9.17, 15) is 14.0 Å². The number of fused-ring (bicyclic) bond motifs is 1. The molecule has 0 saturated heterocycles. The number of allylic oxidation sites excluding steroid dienone is 2. The number of thiazole rings is 1. The third-order valence-electron chi connectivity index (χ3n) is 5.29. The minimum Gasteiger partial charge on any atom is -0.294 e. The van der Waals surface area contributed by atoms with Gasteiger partial charge in [0.05, 0.1) is 16.3 Å². The molecule has 1 aromatic heterocycles. The highest BCUT2D eigenvalue weighted by Gasteiger charge is 2.34. The molecule has 2 aromatic carbocycles. The summed E-state index contributed by atoms with van der Waals surface area (Å²) in [5, 5.41) is 0. The maximum Gasteiger partial charge on any atom is 0.271 e. The summed E-state index contributed by atoms with van der Waals surface area (Å²) in [6.07, 6.45) is 3.67. The fourth-order valence-electron chi connectivity index (χ4n) is 4.01. The summed E-state index contributed by atoms with van der Waals surface area (Å²) in [6, 6.07) is 15.3. The van der Waals surface area contributed by atoms with E-state index < -0.39 is 6.04 Å². The van der Waals surface area contributed by atoms with Gasteiger partial charge >= 0.3 is 0 Å². The third kappa shape index (κ3) is 3.09. The van der Waals surface area contributed by atoms with Crippen molar-refractivity contribution in [3.63, 3.8) is 0 Å². The van der Waals surface area contributed by atoms with Crippen LogP contribution in [0.4, 0.5) is 4.39 Å². The first-order valence-electron chi connectivity index (χ1n) is 9.50. The van der Waals surface area contributed by atoms with Crippen LogP contribution in [0.3, 0.4) is 0 Å². The van der Waals surface area contributed by atoms with Gasteiger partial charge in [-0.15, -0.1) is 0 Å². The summed E-state index contributed by atoms with van der Waals surface area (Å²) >= 11 is 1.28. The van der Waals surface area contributed by atoms with Gasteiger partial charge in [-0.05, 0) is 42.2 Å². The zero-order valence-corrected chi connectivity index (χ0v) is 16.3. The molecule has 3 aromatic rings. The van der Waals surface area contributed by atoms with Crippen LogP contribution in [0.5, 0.6) is 0 Å². The molecule has 2 heterocycles. The lowest BCUT2D eigenvalue weighted by Crippen LogP contribution is -2.40. The van der Waals surface area contributed by atoms with E-state index in [0.717, 1.165) is 24.1 Å². The Morgan fingerprint density at radius 1 is 1.07 bits per heavy atom. The fourth-order valence-corrected chi connectivity index (χ4v) is 5.03. The van der Waals surface area contributed by atoms with Crippen LogP contribution >= 0.6 is 11.3 Å². The Hall–Kier alpha value is -3.12. The highest BCUT2D eigenvalue weighted by molar-refractivity contribution is 7.07. The number of benzene rings is 2. The van der Waals surface area contributed by atoms with Crippen molar-refractivity contribution >= 4 is 23.2 Å². The van der Waals surface area contributed by atoms with Crippen molar-refractivity contribution in [2.75, 3.05) is 0 Å². The summed E-state index contributed by atoms with van der Waals surface area (Å²) in [5.41, 5.74) is 2.72. The number of Topliss-reactive ketones (excluding diaryl/α,β-unsaturated/α-hetero) is 1. The molecule has 0 saturated carbocycles. The molecule has 5 rings (SSSR count). The van der Waals surface area contributed by atoms with Crippen LogP contribution in [0.1, 0.15) is 36.4 Å². The molecule has 0 bridgehead atoms. The minimum absolute atomic E-state index is 0.0586. The smallest absolute Gasteiger partial charge is 0.271 e. The number of carbonyl (C=O) groups is 1. The molecule has 144 valence electrons. The van der Waals surface area contributed by atoms with Crippen molar-refractivity contribution in [2.45, 2.75) is 25.3 Å². The molecule has 0 fully saturated rings. The first-order valence-corrected chi connectivity index (χ1v) is 10.3. The Bertz CT molecular complexity index is 1340. The number of carbonyl (C=O) groups excluding carboxylic acids is 1. The third-order valence-corrected chi connectivity index (χ3v) is 6.27. The van der Waals surface area contributed by atoms with E-state index in [-0.39, 0.29) is 17.2 Å². The van der Waals surface area contributed by atoms with Crippen molar-refractivity contribution in [1.29, 1.82) is 0 Å². The fraction of sp³-hybridized carbons (Fsp3) is 0.174. The number of halogens is 1. The van der Waals surface area contributed by atoms with Gasteiger partial charge in [0.1, 0.15) is 5.82 Å². The number of rotatable bonds is 2. The van der Waals surface area contributed by atoms with Crippen LogP contribution in [0.2, 0.25) is 0 Å². The van der Waals surface area contributed by atoms with Gasteiger partial charge in [0, 0.05) is 12.0 Å². The monoisotopic (exact) mass is 404 g/mol. The lowest BCUT2D eigenvalue weighted by Gasteiger charge is -2.28. The molecule has 4 nitrogen and oxygen atoms in total. The van der Waals surface area contributed by atoms with Gasteiger partial charge in [-0.25, -0.2) is 9.38 Å². The number of nitrogens with zero attached hydrogens (tertiary/aromatic N) is 2. The van der Waals surface area contributed by atoms with Gasteiger partial charge in [-0.3, -0.25) is 14.2 Å². The summed E-state index contributed by atoms with van der Waals surface area (Å²) in [7, 11) is 0. The van der Waals surface area contributed by atoms with Gasteiger partial charge in [0.25, 0.3) is 5.56 Å². The predicted octanol–water partition coefficient (Wildman–Crippen LogP) is 3.11. The average Bonchev–Trinajstić information content (AvgIpc) is 3.02. The minimum atomic E-state index is -0.468. The molecule has 2 aliphatic rings. The number of ketones is 1. The zero-order valence-electron chi connectivity index (χ0n) is 15.5. The molecule has 29 heavy (non-hydrogen) atoms. The summed E-state index contributed by atoms with van der Waals surface area (Å²) < 4.78 is 15.7. The van der Waals surface area contributed by atoms with E-state index in [2.05, 4.69) is 4.99 Å². The van der Waals surface area contributed by atoms with E-state index in [0.29, 0.717) is 26.9 Å². The molecular weight excluding hydrogens is 387 g/mol. The van der Waals surface area contributed by atoms with Gasteiger partial charge in [-0.1, -0.05) is 53.8 Å². The van der Waals surface area contributed by atoms with Crippen molar-refractivity contribution in [2.24, 2.45) is 4.99 Å². The van der Waals surface area contributed by atoms with Crippen LogP contribution in [-0.4, -0.2) is 10.4 Å². The number of hydrogen-bond donors (Lipinski definition) is 0. The topological polar surface area (TPSA) is 51.4 Å². The Balaban J connectivity index is 1.77. The SMILES string of the molecule is O=C1CCCC2=C1[C@@H](c1ccccc1)n1c(sc(=Cc3cccc(F)c3)c1=O)=N2. The van der Waals surface area contributed by atoms with Gasteiger partial charge in [-0.2, -0.15) is 0 Å². The molecular formula is C23H17FN2O2S. The summed E-state index contributed by atoms with van der Waals surface area (Å²) in [4.78, 5) is 31.4. The lowest BCUT2D eigenvalue weighted by molar-refractivity contribution is -0.116. The Morgan fingerprint density at radius 2 is 1.90 bits per heavy atom. The first kappa shape index (κ1) is 17.9. The van der Waals surface area contributed by atoms with Crippen molar-refractivity contribution < 1.29 is 9.18 Å². The molecule has 0 unspecified atom stereocenters. The van der Waals surface area contributed by atoms with Gasteiger partial charge in [0.15, 0.2) is 10.6 Å². The molecule has 0 spiro atoms. The van der Waals surface area contributed by atoms with Gasteiger partial charge < -0.3 is 0 Å². The van der Waals surface area contributed by atoms with Gasteiger partial charge in [0.2, 0.25) is 0 Å². The number of hydrogen-bond acceptors (Lipinski definition) is 4. The second kappa shape index (κ2) is 7.04. The van der Waals surface area contributed by atoms with Crippen LogP contribution in [0, 0.1) is 5.82 Å². The molecule has 1 aliphatic heterocycles. The zero-order chi connectivity index (χ0) is 20.0. The normalized spacial score (nSPS) is 19.0. The quantitative estimate of drug-likeness (QED) is 0.659. The second-order valence-electron chi connectivity index (χ2n) is 7.19. The van der Waals surface area contributed by atoms with E-state index in [1.165, 1.54) is 23.5 Å². The van der Waals surface area contributed by atoms with E-state index in [4.69, 9.17) is 0 Å². The van der Waals surface area contributed by atoms with E-state index >= 15 is 0 Å². The van der Waals surface area contributed by atoms with Crippen molar-refractivity contribution in [3.8, 4) is 0 Å². The highest BCUT2D eigenvalue weighted by atomic mass is 32.1. The second-order valence-corrected chi connectivity index (χ2v) is 8.19. The molecule has 1 atom stereocenters. The Kier molecular flexibility index (Phi) is 4.36. The lowest BCUT2D eigenvalue weighted by atomic mass is 9.86. The van der Waals surface area contributed by atoms with Crippen LogP contribution < -0.4 is 14.9 Å². The van der Waals surface area contributed by atoms with Crippen molar-refractivity contribution in [1.82, 2.24) is 4.57 Å². The van der Waals surface area contributed by atoms with Crippen LogP contribution in [-0.2, 0) is 4.79 Å². The van der Waals surface area contributed by atoms with E-state index in [1.54, 1.807) is 22.8 Å². The molecule has 6 heteroatoms. The summed E-state index contributed by atoms with van der Waals surface area (Å²) in [6.45, 7) is 0. The van der Waals surface area contributed by atoms with E-state index in [1.807, 2.05) is 30.3 Å². The maximum atomic E-state index is 13.6. The van der Waals surface area contributed by atoms with Crippen LogP contribution in [0.25, 0.3) is 6.08 Å². The standard InChI is InChI=1S/C23H17FN2O2S/c24-16-9-4-6-14(12-16)13-19-22(28)26-21(15-7-2-1-3-8-15)20-17(25-23(26)29-19)10-5-11-18(20)27/h1-4,6-9,12-13,21H,5,10-11H2/t21-/m1/s1. The first-order chi connectivity index (χ1) is 14.1. The van der Waals surface area contributed by atoms with Crippen LogP contribution in [0.15, 0.2) is 75.7 Å². The average molecular weight is 404 g/mol. The Labute approximate surface area is 170 Å². The Morgan fingerprint density at radius 3 is 2.69 bits per heavy atom. The molecule has 0 N–H and O–H groups in total. The summed E-state index contributed by atoms with van der Waals surface area (Å²) in [5.74, 6) is -0.294. The highest BCUT2D eigenvalue weighted by Crippen LogP contribution is 2.35. The number of aromatic nitrogens is 1. The largest absolute Gasteiger partial charge is 0.294 e. The van der Waals surface area contributed by atoms with Crippen molar-refractivity contribution in [3.05, 3.63) is 102 Å². The predicted molar refractivity (Wildman–Crippen MR) is 110 cm³/mol. The molecule has 0 amide bonds. The maximum absolute atomic E-state index is 13.6. The molecule has 0 radical (unpaired) electrons.